The second-order valence-corrected chi connectivity index (χ2v) is 12.1. The van der Waals surface area contributed by atoms with Crippen LogP contribution >= 0.6 is 0 Å². The summed E-state index contributed by atoms with van der Waals surface area (Å²) < 4.78 is 108. The number of sulfone groups is 1. The lowest BCUT2D eigenvalue weighted by Crippen LogP contribution is -2.61. The van der Waals surface area contributed by atoms with E-state index >= 15 is 0 Å². The summed E-state index contributed by atoms with van der Waals surface area (Å²) in [5.41, 5.74) is -1.18. The minimum atomic E-state index is -5.33. The smallest absolute Gasteiger partial charge is 0.417 e. The maximum atomic E-state index is 13.6. The predicted octanol–water partition coefficient (Wildman–Crippen LogP) is 1.96. The highest BCUT2D eigenvalue weighted by atomic mass is 32.2. The molecule has 1 aromatic carbocycles. The van der Waals surface area contributed by atoms with Crippen LogP contribution in [0.15, 0.2) is 23.1 Å². The zero-order valence-electron chi connectivity index (χ0n) is 19.1. The molecule has 2 aliphatic carbocycles. The molecule has 0 aromatic heterocycles. The third-order valence-electron chi connectivity index (χ3n) is 7.75. The summed E-state index contributed by atoms with van der Waals surface area (Å²) in [7, 11) is -5.12. The SMILES string of the molecule is N#CC1(C(N)=O)CC1[C@]1(C(=O)O)C[C@H](S(=O)(=O)c2ccc(F)cc2C(F)(F)F)C[C@H]1C(=O)N1CC(F)(F)C1. The van der Waals surface area contributed by atoms with Crippen molar-refractivity contribution in [3.63, 3.8) is 0 Å². The Labute approximate surface area is 211 Å². The molecule has 1 aliphatic heterocycles. The van der Waals surface area contributed by atoms with Crippen LogP contribution in [0, 0.1) is 39.8 Å². The number of carboxylic acid groups (broad SMARTS) is 1. The van der Waals surface area contributed by atoms with E-state index in [4.69, 9.17) is 5.73 Å². The predicted molar refractivity (Wildman–Crippen MR) is 112 cm³/mol. The van der Waals surface area contributed by atoms with Crippen LogP contribution in [0.1, 0.15) is 24.8 Å². The van der Waals surface area contributed by atoms with Crippen molar-refractivity contribution >= 4 is 27.6 Å². The number of nitriles is 1. The van der Waals surface area contributed by atoms with E-state index in [1.807, 2.05) is 0 Å². The lowest BCUT2D eigenvalue weighted by molar-refractivity contribution is -0.177. The standard InChI is InChI=1S/C22H19F6N3O6S/c23-10-1-2-14(12(3-10)22(26,27)28)38(36,37)11-4-13(16(32)31-8-20(24,25)9-31)21(5-11,18(34)35)15-6-19(15,7-29)17(30)33/h1-3,11,13,15H,4-6,8-9H2,(H2,30,33)(H,34,35)/t11-,13+,15?,19?,21+/m1/s1. The Bertz CT molecular complexity index is 1380. The van der Waals surface area contributed by atoms with Crippen LogP contribution < -0.4 is 5.73 Å². The van der Waals surface area contributed by atoms with Crippen molar-refractivity contribution in [2.24, 2.45) is 28.4 Å². The van der Waals surface area contributed by atoms with Gasteiger partial charge in [0, 0.05) is 5.92 Å². The number of carbonyl (C=O) groups excluding carboxylic acids is 2. The number of carbonyl (C=O) groups is 3. The van der Waals surface area contributed by atoms with Crippen LogP contribution in [0.5, 0.6) is 0 Å². The number of nitrogens with zero attached hydrogens (tertiary/aromatic N) is 2. The Kier molecular flexibility index (Phi) is 6.06. The minimum absolute atomic E-state index is 0.0499. The van der Waals surface area contributed by atoms with Gasteiger partial charge in [0.1, 0.15) is 11.2 Å². The number of hydrogen-bond donors (Lipinski definition) is 2. The van der Waals surface area contributed by atoms with Gasteiger partial charge in [-0.3, -0.25) is 14.4 Å². The van der Waals surface area contributed by atoms with Crippen LogP contribution in [0.25, 0.3) is 0 Å². The largest absolute Gasteiger partial charge is 0.481 e. The van der Waals surface area contributed by atoms with Gasteiger partial charge >= 0.3 is 12.1 Å². The number of hydrogen-bond acceptors (Lipinski definition) is 6. The molecule has 1 heterocycles. The van der Waals surface area contributed by atoms with Gasteiger partial charge in [-0.15, -0.1) is 0 Å². The maximum absolute atomic E-state index is 13.6. The van der Waals surface area contributed by atoms with Crippen molar-refractivity contribution in [1.29, 1.82) is 5.26 Å². The van der Waals surface area contributed by atoms with E-state index in [0.717, 1.165) is 0 Å². The van der Waals surface area contributed by atoms with E-state index in [1.54, 1.807) is 6.07 Å². The Balaban J connectivity index is 1.83. The molecule has 2 amide bonds. The number of nitrogens with two attached hydrogens (primary N) is 1. The number of rotatable bonds is 6. The molecule has 38 heavy (non-hydrogen) atoms. The van der Waals surface area contributed by atoms with Crippen molar-refractivity contribution in [3.05, 3.63) is 29.6 Å². The molecular weight excluding hydrogens is 548 g/mol. The third-order valence-corrected chi connectivity index (χ3v) is 9.96. The van der Waals surface area contributed by atoms with Crippen LogP contribution in [0.4, 0.5) is 26.3 Å². The molecule has 3 N–H and O–H groups in total. The molecule has 2 unspecified atom stereocenters. The quantitative estimate of drug-likeness (QED) is 0.393. The van der Waals surface area contributed by atoms with Crippen molar-refractivity contribution in [2.75, 3.05) is 13.1 Å². The Hall–Kier alpha value is -3.35. The summed E-state index contributed by atoms with van der Waals surface area (Å²) in [6.45, 7) is -2.20. The summed E-state index contributed by atoms with van der Waals surface area (Å²) in [5.74, 6) is -12.4. The van der Waals surface area contributed by atoms with Crippen LogP contribution in [-0.4, -0.2) is 60.5 Å². The number of likely N-dealkylation sites (tertiary alicyclic amines) is 1. The summed E-state index contributed by atoms with van der Waals surface area (Å²) in [6.07, 6.45) is -7.73. The monoisotopic (exact) mass is 567 g/mol. The van der Waals surface area contributed by atoms with Gasteiger partial charge in [0.25, 0.3) is 5.92 Å². The Morgan fingerprint density at radius 3 is 2.21 bits per heavy atom. The molecule has 9 nitrogen and oxygen atoms in total. The number of carboxylic acids is 1. The molecule has 0 bridgehead atoms. The lowest BCUT2D eigenvalue weighted by atomic mass is 9.70. The number of aliphatic carboxylic acids is 1. The summed E-state index contributed by atoms with van der Waals surface area (Å²) in [4.78, 5) is 37.1. The molecular formula is C22H19F6N3O6S. The second kappa shape index (κ2) is 8.32. The molecule has 4 rings (SSSR count). The van der Waals surface area contributed by atoms with Crippen LogP contribution in [-0.2, 0) is 30.4 Å². The molecule has 0 spiro atoms. The van der Waals surface area contributed by atoms with Crippen molar-refractivity contribution in [3.8, 4) is 6.07 Å². The van der Waals surface area contributed by atoms with Gasteiger partial charge in [0.05, 0.1) is 46.2 Å². The maximum Gasteiger partial charge on any atom is 0.417 e. The van der Waals surface area contributed by atoms with Gasteiger partial charge in [-0.05, 0) is 37.5 Å². The van der Waals surface area contributed by atoms with Gasteiger partial charge in [-0.1, -0.05) is 0 Å². The Morgan fingerprint density at radius 1 is 1.16 bits per heavy atom. The number of primary amides is 1. The van der Waals surface area contributed by atoms with E-state index in [9.17, 15) is 59.5 Å². The zero-order chi connectivity index (χ0) is 28.6. The zero-order valence-corrected chi connectivity index (χ0v) is 20.0. The highest BCUT2D eigenvalue weighted by Gasteiger charge is 2.76. The van der Waals surface area contributed by atoms with Gasteiger partial charge < -0.3 is 15.7 Å². The van der Waals surface area contributed by atoms with Gasteiger partial charge in [0.15, 0.2) is 9.84 Å². The molecule has 0 radical (unpaired) electrons. The van der Waals surface area contributed by atoms with Crippen molar-refractivity contribution in [2.45, 2.75) is 41.5 Å². The second-order valence-electron chi connectivity index (χ2n) is 9.90. The van der Waals surface area contributed by atoms with Gasteiger partial charge in [0.2, 0.25) is 11.8 Å². The summed E-state index contributed by atoms with van der Waals surface area (Å²) >= 11 is 0. The first-order valence-electron chi connectivity index (χ1n) is 11.1. The molecule has 2 saturated carbocycles. The fraction of sp³-hybridized carbons (Fsp3) is 0.545. The molecule has 5 atom stereocenters. The normalized spacial score (nSPS) is 32.2. The average Bonchev–Trinajstić information content (AvgIpc) is 3.40. The molecule has 206 valence electrons. The number of amides is 2. The number of halogens is 6. The third kappa shape index (κ3) is 3.98. The first kappa shape index (κ1) is 27.7. The summed E-state index contributed by atoms with van der Waals surface area (Å²) in [6, 6.07) is 2.36. The van der Waals surface area contributed by atoms with Crippen molar-refractivity contribution < 1.29 is 54.3 Å². The molecule has 16 heteroatoms. The molecule has 3 fully saturated rings. The van der Waals surface area contributed by atoms with E-state index in [1.165, 1.54) is 0 Å². The highest BCUT2D eigenvalue weighted by Crippen LogP contribution is 2.68. The average molecular weight is 567 g/mol. The fourth-order valence-electron chi connectivity index (χ4n) is 5.78. The fourth-order valence-corrected chi connectivity index (χ4v) is 7.82. The number of benzene rings is 1. The van der Waals surface area contributed by atoms with Crippen molar-refractivity contribution in [1.82, 2.24) is 4.90 Å². The van der Waals surface area contributed by atoms with E-state index in [2.05, 4.69) is 0 Å². The van der Waals surface area contributed by atoms with Gasteiger partial charge in [-0.25, -0.2) is 21.6 Å². The van der Waals surface area contributed by atoms with Crippen LogP contribution in [0.2, 0.25) is 0 Å². The molecule has 1 saturated heterocycles. The molecule has 1 aromatic rings. The Morgan fingerprint density at radius 2 is 1.76 bits per heavy atom. The number of alkyl halides is 5. The van der Waals surface area contributed by atoms with E-state index < -0.39 is 116 Å². The van der Waals surface area contributed by atoms with Crippen LogP contribution in [0.3, 0.4) is 0 Å². The van der Waals surface area contributed by atoms with E-state index in [0.29, 0.717) is 17.0 Å². The first-order chi connectivity index (χ1) is 17.3. The lowest BCUT2D eigenvalue weighted by Gasteiger charge is -2.42. The molecule has 3 aliphatic rings. The topological polar surface area (TPSA) is 159 Å². The first-order valence-corrected chi connectivity index (χ1v) is 12.6. The summed E-state index contributed by atoms with van der Waals surface area (Å²) in [5, 5.41) is 17.8. The minimum Gasteiger partial charge on any atom is -0.481 e. The van der Waals surface area contributed by atoms with Gasteiger partial charge in [-0.2, -0.15) is 18.4 Å². The van der Waals surface area contributed by atoms with E-state index in [-0.39, 0.29) is 6.07 Å². The highest BCUT2D eigenvalue weighted by molar-refractivity contribution is 7.92.